The van der Waals surface area contributed by atoms with Gasteiger partial charge in [0.2, 0.25) is 6.79 Å². The molecule has 0 saturated carbocycles. The van der Waals surface area contributed by atoms with Gasteiger partial charge in [-0.25, -0.2) is 5.01 Å². The van der Waals surface area contributed by atoms with Gasteiger partial charge in [0.1, 0.15) is 0 Å². The Kier molecular flexibility index (Phi) is 4.44. The molecule has 2 aromatic rings. The van der Waals surface area contributed by atoms with E-state index in [9.17, 15) is 14.9 Å². The first-order chi connectivity index (χ1) is 13.5. The first kappa shape index (κ1) is 17.9. The monoisotopic (exact) mass is 382 g/mol. The van der Waals surface area contributed by atoms with Gasteiger partial charge in [0.15, 0.2) is 11.5 Å². The highest BCUT2D eigenvalue weighted by molar-refractivity contribution is 6.14. The topological polar surface area (TPSA) is 120 Å². The van der Waals surface area contributed by atoms with Crippen molar-refractivity contribution in [3.63, 3.8) is 0 Å². The van der Waals surface area contributed by atoms with Gasteiger partial charge in [0.25, 0.3) is 11.6 Å². The maximum Gasteiger partial charge on any atom is 0.269 e. The van der Waals surface area contributed by atoms with E-state index in [4.69, 9.17) is 15.2 Å². The molecule has 0 bridgehead atoms. The Morgan fingerprint density at radius 2 is 1.96 bits per heavy atom. The zero-order chi connectivity index (χ0) is 19.8. The highest BCUT2D eigenvalue weighted by Gasteiger charge is 2.29. The molecule has 2 N–H and O–H groups in total. The second-order valence-corrected chi connectivity index (χ2v) is 6.61. The van der Waals surface area contributed by atoms with Crippen LogP contribution in [0.1, 0.15) is 23.6 Å². The number of fused-ring (bicyclic) bond motifs is 2. The van der Waals surface area contributed by atoms with Gasteiger partial charge < -0.3 is 15.2 Å². The predicted octanol–water partition coefficient (Wildman–Crippen LogP) is 1.81. The number of benzene rings is 2. The summed E-state index contributed by atoms with van der Waals surface area (Å²) in [5.41, 5.74) is 8.45. The molecule has 0 fully saturated rings. The highest BCUT2D eigenvalue weighted by Crippen LogP contribution is 2.37. The van der Waals surface area contributed by atoms with Crippen LogP contribution in [-0.2, 0) is 11.2 Å². The molecule has 0 radical (unpaired) electrons. The van der Waals surface area contributed by atoms with Gasteiger partial charge in [0.05, 0.1) is 23.2 Å². The molecule has 1 amide bonds. The summed E-state index contributed by atoms with van der Waals surface area (Å²) in [4.78, 5) is 22.9. The summed E-state index contributed by atoms with van der Waals surface area (Å²) in [6, 6.07) is 9.57. The fraction of sp³-hybridized carbons (Fsp3) is 0.263. The molecule has 1 atom stereocenters. The second-order valence-electron chi connectivity index (χ2n) is 6.61. The van der Waals surface area contributed by atoms with E-state index in [0.717, 1.165) is 11.1 Å². The third kappa shape index (κ3) is 3.05. The number of ether oxygens (including phenoxy) is 2. The Balaban J connectivity index is 1.88. The average Bonchev–Trinajstić information content (AvgIpc) is 3.09. The molecule has 9 heteroatoms. The molecule has 0 aliphatic carbocycles. The lowest BCUT2D eigenvalue weighted by Crippen LogP contribution is -2.39. The molecule has 2 aliphatic rings. The SMILES string of the molecule is CC1Cc2cc3c(cc2C(c2ccc([N+](=O)[O-])cc2)=NN1C(=O)CN)OCO3. The molecule has 0 saturated heterocycles. The Morgan fingerprint density at radius 1 is 1.29 bits per heavy atom. The number of hydrogen-bond acceptors (Lipinski definition) is 7. The second kappa shape index (κ2) is 6.93. The van der Waals surface area contributed by atoms with Crippen LogP contribution >= 0.6 is 0 Å². The molecule has 0 aromatic heterocycles. The van der Waals surface area contributed by atoms with Crippen LogP contribution in [0.15, 0.2) is 41.5 Å². The van der Waals surface area contributed by atoms with Crippen LogP contribution in [0.5, 0.6) is 11.5 Å². The third-order valence-corrected chi connectivity index (χ3v) is 4.78. The van der Waals surface area contributed by atoms with Gasteiger partial charge in [-0.15, -0.1) is 0 Å². The Labute approximate surface area is 160 Å². The Bertz CT molecular complexity index is 987. The Hall–Kier alpha value is -3.46. The van der Waals surface area contributed by atoms with E-state index in [-0.39, 0.29) is 31.0 Å². The van der Waals surface area contributed by atoms with Crippen LogP contribution < -0.4 is 15.2 Å². The van der Waals surface area contributed by atoms with Crippen molar-refractivity contribution >= 4 is 17.3 Å². The van der Waals surface area contributed by atoms with Crippen LogP contribution in [0.4, 0.5) is 5.69 Å². The van der Waals surface area contributed by atoms with E-state index in [1.807, 2.05) is 19.1 Å². The maximum atomic E-state index is 12.4. The fourth-order valence-electron chi connectivity index (χ4n) is 3.39. The molecule has 4 rings (SSSR count). The van der Waals surface area contributed by atoms with Crippen molar-refractivity contribution in [3.8, 4) is 11.5 Å². The van der Waals surface area contributed by atoms with Crippen molar-refractivity contribution in [2.75, 3.05) is 13.3 Å². The number of nitrogens with zero attached hydrogens (tertiary/aromatic N) is 3. The van der Waals surface area contributed by atoms with Crippen LogP contribution in [-0.4, -0.2) is 40.9 Å². The number of hydrogen-bond donors (Lipinski definition) is 1. The Morgan fingerprint density at radius 3 is 2.61 bits per heavy atom. The van der Waals surface area contributed by atoms with Crippen molar-refractivity contribution in [3.05, 3.63) is 63.2 Å². The number of non-ortho nitro benzene ring substituents is 1. The quantitative estimate of drug-likeness (QED) is 0.638. The lowest BCUT2D eigenvalue weighted by atomic mass is 9.94. The molecular formula is C19H18N4O5. The number of carbonyl (C=O) groups excluding carboxylic acids is 1. The van der Waals surface area contributed by atoms with Gasteiger partial charge in [-0.3, -0.25) is 14.9 Å². The number of nitro benzene ring substituents is 1. The first-order valence-corrected chi connectivity index (χ1v) is 8.76. The molecule has 0 spiro atoms. The molecule has 1 unspecified atom stereocenters. The summed E-state index contributed by atoms with van der Waals surface area (Å²) in [6.07, 6.45) is 0.553. The van der Waals surface area contributed by atoms with E-state index in [1.165, 1.54) is 17.1 Å². The van der Waals surface area contributed by atoms with E-state index in [2.05, 4.69) is 5.10 Å². The first-order valence-electron chi connectivity index (χ1n) is 8.76. The minimum atomic E-state index is -0.461. The summed E-state index contributed by atoms with van der Waals surface area (Å²) in [6.45, 7) is 1.88. The molecule has 2 aliphatic heterocycles. The number of nitro groups is 1. The zero-order valence-corrected chi connectivity index (χ0v) is 15.1. The van der Waals surface area contributed by atoms with E-state index in [1.54, 1.807) is 12.1 Å². The highest BCUT2D eigenvalue weighted by atomic mass is 16.7. The summed E-state index contributed by atoms with van der Waals surface area (Å²) in [5.74, 6) is 0.937. The van der Waals surface area contributed by atoms with Crippen molar-refractivity contribution in [1.82, 2.24) is 5.01 Å². The molecule has 9 nitrogen and oxygen atoms in total. The van der Waals surface area contributed by atoms with E-state index < -0.39 is 4.92 Å². The normalized spacial score (nSPS) is 17.6. The summed E-state index contributed by atoms with van der Waals surface area (Å²) in [5, 5.41) is 16.9. The van der Waals surface area contributed by atoms with Crippen LogP contribution in [0.3, 0.4) is 0 Å². The molecule has 144 valence electrons. The van der Waals surface area contributed by atoms with Gasteiger partial charge in [-0.1, -0.05) is 0 Å². The summed E-state index contributed by atoms with van der Waals surface area (Å²) in [7, 11) is 0. The number of carbonyl (C=O) groups is 1. The summed E-state index contributed by atoms with van der Waals surface area (Å²) < 4.78 is 11.0. The van der Waals surface area contributed by atoms with Crippen LogP contribution in [0, 0.1) is 10.1 Å². The number of hydrazone groups is 1. The van der Waals surface area contributed by atoms with Crippen molar-refractivity contribution in [2.45, 2.75) is 19.4 Å². The van der Waals surface area contributed by atoms with E-state index in [0.29, 0.717) is 29.2 Å². The number of rotatable bonds is 3. The van der Waals surface area contributed by atoms with E-state index >= 15 is 0 Å². The van der Waals surface area contributed by atoms with Gasteiger partial charge in [-0.2, -0.15) is 5.10 Å². The van der Waals surface area contributed by atoms with Crippen molar-refractivity contribution < 1.29 is 19.2 Å². The van der Waals surface area contributed by atoms with Crippen LogP contribution in [0.25, 0.3) is 0 Å². The van der Waals surface area contributed by atoms with Gasteiger partial charge >= 0.3 is 0 Å². The van der Waals surface area contributed by atoms with Crippen molar-refractivity contribution in [2.24, 2.45) is 10.8 Å². The third-order valence-electron chi connectivity index (χ3n) is 4.78. The van der Waals surface area contributed by atoms with Crippen LogP contribution in [0.2, 0.25) is 0 Å². The average molecular weight is 382 g/mol. The number of nitrogens with two attached hydrogens (primary N) is 1. The predicted molar refractivity (Wildman–Crippen MR) is 100 cm³/mol. The molecular weight excluding hydrogens is 364 g/mol. The lowest BCUT2D eigenvalue weighted by molar-refractivity contribution is -0.384. The minimum absolute atomic E-state index is 0.0212. The summed E-state index contributed by atoms with van der Waals surface area (Å²) >= 11 is 0. The fourth-order valence-corrected chi connectivity index (χ4v) is 3.39. The lowest BCUT2D eigenvalue weighted by Gasteiger charge is -2.22. The van der Waals surface area contributed by atoms with Gasteiger partial charge in [0, 0.05) is 23.3 Å². The zero-order valence-electron chi connectivity index (χ0n) is 15.1. The smallest absolute Gasteiger partial charge is 0.269 e. The standard InChI is InChI=1S/C19H18N4O5/c1-11-6-13-7-16-17(28-10-27-16)8-15(13)19(21-22(11)18(24)9-20)12-2-4-14(5-3-12)23(25)26/h2-5,7-8,11H,6,9-10,20H2,1H3. The maximum absolute atomic E-state index is 12.4. The molecule has 2 aromatic carbocycles. The van der Waals surface area contributed by atoms with Crippen molar-refractivity contribution in [1.29, 1.82) is 0 Å². The minimum Gasteiger partial charge on any atom is -0.454 e. The number of amides is 1. The molecule has 2 heterocycles. The molecule has 28 heavy (non-hydrogen) atoms. The largest absolute Gasteiger partial charge is 0.454 e. The van der Waals surface area contributed by atoms with Gasteiger partial charge in [-0.05, 0) is 43.2 Å².